The highest BCUT2D eigenvalue weighted by molar-refractivity contribution is 5.97. The molecule has 20 heavy (non-hydrogen) atoms. The molecular weight excluding hydrogens is 256 g/mol. The van der Waals surface area contributed by atoms with Crippen LogP contribution in [0.5, 0.6) is 11.5 Å². The molecule has 1 saturated carbocycles. The van der Waals surface area contributed by atoms with E-state index in [1.54, 1.807) is 12.1 Å². The van der Waals surface area contributed by atoms with Gasteiger partial charge in [0, 0.05) is 18.2 Å². The van der Waals surface area contributed by atoms with Crippen LogP contribution in [0, 0.1) is 0 Å². The zero-order chi connectivity index (χ0) is 14.5. The summed E-state index contributed by atoms with van der Waals surface area (Å²) >= 11 is 0. The van der Waals surface area contributed by atoms with E-state index in [9.17, 15) is 9.90 Å². The highest BCUT2D eigenvalue weighted by Gasteiger charge is 2.23. The van der Waals surface area contributed by atoms with E-state index in [-0.39, 0.29) is 29.3 Å². The van der Waals surface area contributed by atoms with Gasteiger partial charge in [0.25, 0.3) is 5.91 Å². The van der Waals surface area contributed by atoms with Crippen molar-refractivity contribution in [3.05, 3.63) is 23.8 Å². The number of phenols is 1. The fourth-order valence-corrected chi connectivity index (χ4v) is 2.59. The number of benzene rings is 1. The predicted molar refractivity (Wildman–Crippen MR) is 77.0 cm³/mol. The third-order valence-electron chi connectivity index (χ3n) is 3.84. The molecule has 4 N–H and O–H groups in total. The summed E-state index contributed by atoms with van der Waals surface area (Å²) in [4.78, 5) is 12.2. The van der Waals surface area contributed by atoms with E-state index in [0.29, 0.717) is 5.75 Å². The standard InChI is InChI=1S/C15H22N2O3/c1-20-10-7-8-11(14(18)9-10)15(19)17-13-6-4-2-3-5-12(13)16/h7-9,12-13,18H,2-6,16H2,1H3,(H,17,19). The number of aromatic hydroxyl groups is 1. The lowest BCUT2D eigenvalue weighted by atomic mass is 10.0. The smallest absolute Gasteiger partial charge is 0.255 e. The average molecular weight is 278 g/mol. The Morgan fingerprint density at radius 2 is 2.10 bits per heavy atom. The molecule has 0 aromatic heterocycles. The van der Waals surface area contributed by atoms with Gasteiger partial charge in [-0.25, -0.2) is 0 Å². The maximum atomic E-state index is 12.2. The number of carbonyl (C=O) groups excluding carboxylic acids is 1. The van der Waals surface area contributed by atoms with E-state index < -0.39 is 0 Å². The first-order valence-electron chi connectivity index (χ1n) is 7.05. The van der Waals surface area contributed by atoms with Gasteiger partial charge in [-0.3, -0.25) is 4.79 Å². The molecule has 1 aliphatic carbocycles. The summed E-state index contributed by atoms with van der Waals surface area (Å²) in [5.74, 6) is 0.154. The van der Waals surface area contributed by atoms with E-state index in [4.69, 9.17) is 10.5 Å². The van der Waals surface area contributed by atoms with Gasteiger partial charge in [0.2, 0.25) is 0 Å². The van der Waals surface area contributed by atoms with Gasteiger partial charge < -0.3 is 20.9 Å². The van der Waals surface area contributed by atoms with Crippen LogP contribution in [0.4, 0.5) is 0 Å². The molecule has 0 radical (unpaired) electrons. The summed E-state index contributed by atoms with van der Waals surface area (Å²) in [5, 5.41) is 12.8. The monoisotopic (exact) mass is 278 g/mol. The number of hydrogen-bond donors (Lipinski definition) is 3. The number of hydrogen-bond acceptors (Lipinski definition) is 4. The molecule has 0 aliphatic heterocycles. The van der Waals surface area contributed by atoms with Gasteiger partial charge in [-0.1, -0.05) is 19.3 Å². The van der Waals surface area contributed by atoms with Crippen LogP contribution < -0.4 is 15.8 Å². The van der Waals surface area contributed by atoms with Crippen LogP contribution in [0.1, 0.15) is 42.5 Å². The molecule has 1 amide bonds. The van der Waals surface area contributed by atoms with Crippen LogP contribution in [0.25, 0.3) is 0 Å². The molecule has 110 valence electrons. The Balaban J connectivity index is 2.07. The molecule has 5 heteroatoms. The Morgan fingerprint density at radius 3 is 2.80 bits per heavy atom. The predicted octanol–water partition coefficient (Wildman–Crippen LogP) is 1.79. The molecule has 0 heterocycles. The van der Waals surface area contributed by atoms with Gasteiger partial charge in [-0.15, -0.1) is 0 Å². The van der Waals surface area contributed by atoms with Crippen molar-refractivity contribution < 1.29 is 14.6 Å². The van der Waals surface area contributed by atoms with Crippen molar-refractivity contribution in [3.8, 4) is 11.5 Å². The molecule has 1 aromatic carbocycles. The van der Waals surface area contributed by atoms with Gasteiger partial charge >= 0.3 is 0 Å². The van der Waals surface area contributed by atoms with E-state index in [1.165, 1.54) is 13.2 Å². The van der Waals surface area contributed by atoms with Crippen LogP contribution in [0.3, 0.4) is 0 Å². The Morgan fingerprint density at radius 1 is 1.35 bits per heavy atom. The Kier molecular flexibility index (Phi) is 4.84. The number of phenolic OH excluding ortho intramolecular Hbond substituents is 1. The largest absolute Gasteiger partial charge is 0.507 e. The topological polar surface area (TPSA) is 84.6 Å². The first-order valence-corrected chi connectivity index (χ1v) is 7.05. The van der Waals surface area contributed by atoms with Gasteiger partial charge in [-0.2, -0.15) is 0 Å². The molecular formula is C15H22N2O3. The van der Waals surface area contributed by atoms with Crippen LogP contribution in [0.2, 0.25) is 0 Å². The molecule has 1 fully saturated rings. The van der Waals surface area contributed by atoms with Crippen molar-refractivity contribution >= 4 is 5.91 Å². The third-order valence-corrected chi connectivity index (χ3v) is 3.84. The number of methoxy groups -OCH3 is 1. The first-order chi connectivity index (χ1) is 9.61. The minimum Gasteiger partial charge on any atom is -0.507 e. The lowest BCUT2D eigenvalue weighted by Crippen LogP contribution is -2.46. The maximum absolute atomic E-state index is 12.2. The van der Waals surface area contributed by atoms with Crippen LogP contribution in [0.15, 0.2) is 18.2 Å². The van der Waals surface area contributed by atoms with Crippen molar-refractivity contribution in [1.82, 2.24) is 5.32 Å². The number of ether oxygens (including phenoxy) is 1. The normalized spacial score (nSPS) is 22.9. The molecule has 2 unspecified atom stereocenters. The SMILES string of the molecule is COc1ccc(C(=O)NC2CCCCCC2N)c(O)c1. The molecule has 1 aromatic rings. The van der Waals surface area contributed by atoms with Crippen molar-refractivity contribution in [2.45, 2.75) is 44.2 Å². The minimum atomic E-state index is -0.285. The summed E-state index contributed by atoms with van der Waals surface area (Å²) in [5.41, 5.74) is 6.34. The molecule has 2 atom stereocenters. The van der Waals surface area contributed by atoms with E-state index in [0.717, 1.165) is 32.1 Å². The number of nitrogens with one attached hydrogen (secondary N) is 1. The van der Waals surface area contributed by atoms with E-state index in [2.05, 4.69) is 5.32 Å². The molecule has 0 saturated heterocycles. The van der Waals surface area contributed by atoms with Crippen molar-refractivity contribution in [1.29, 1.82) is 0 Å². The second kappa shape index (κ2) is 6.61. The quantitative estimate of drug-likeness (QED) is 0.736. The van der Waals surface area contributed by atoms with Crippen molar-refractivity contribution in [2.24, 2.45) is 5.73 Å². The zero-order valence-electron chi connectivity index (χ0n) is 11.8. The number of carbonyl (C=O) groups is 1. The van der Waals surface area contributed by atoms with E-state index >= 15 is 0 Å². The maximum Gasteiger partial charge on any atom is 0.255 e. The molecule has 5 nitrogen and oxygen atoms in total. The Bertz CT molecular complexity index is 476. The second-order valence-electron chi connectivity index (χ2n) is 5.26. The summed E-state index contributed by atoms with van der Waals surface area (Å²) in [7, 11) is 1.51. The van der Waals surface area contributed by atoms with E-state index in [1.807, 2.05) is 0 Å². The average Bonchev–Trinajstić information content (AvgIpc) is 2.64. The summed E-state index contributed by atoms with van der Waals surface area (Å²) in [6, 6.07) is 4.61. The number of amides is 1. The number of rotatable bonds is 3. The fraction of sp³-hybridized carbons (Fsp3) is 0.533. The van der Waals surface area contributed by atoms with Gasteiger partial charge in [0.1, 0.15) is 11.5 Å². The van der Waals surface area contributed by atoms with Gasteiger partial charge in [0.15, 0.2) is 0 Å². The molecule has 2 rings (SSSR count). The summed E-state index contributed by atoms with van der Waals surface area (Å²) in [6.07, 6.45) is 5.17. The third kappa shape index (κ3) is 3.42. The Hall–Kier alpha value is -1.75. The first kappa shape index (κ1) is 14.7. The van der Waals surface area contributed by atoms with Crippen molar-refractivity contribution in [3.63, 3.8) is 0 Å². The molecule has 0 spiro atoms. The summed E-state index contributed by atoms with van der Waals surface area (Å²) in [6.45, 7) is 0. The minimum absolute atomic E-state index is 0.0122. The lowest BCUT2D eigenvalue weighted by molar-refractivity contribution is 0.0926. The zero-order valence-corrected chi connectivity index (χ0v) is 11.8. The van der Waals surface area contributed by atoms with Crippen LogP contribution in [-0.4, -0.2) is 30.2 Å². The highest BCUT2D eigenvalue weighted by Crippen LogP contribution is 2.24. The second-order valence-corrected chi connectivity index (χ2v) is 5.26. The van der Waals surface area contributed by atoms with Crippen LogP contribution in [-0.2, 0) is 0 Å². The molecule has 0 bridgehead atoms. The van der Waals surface area contributed by atoms with Crippen molar-refractivity contribution in [2.75, 3.05) is 7.11 Å². The van der Waals surface area contributed by atoms with Gasteiger partial charge in [0.05, 0.1) is 12.7 Å². The Labute approximate surface area is 119 Å². The number of nitrogens with two attached hydrogens (primary N) is 1. The van der Waals surface area contributed by atoms with Gasteiger partial charge in [-0.05, 0) is 25.0 Å². The highest BCUT2D eigenvalue weighted by atomic mass is 16.5. The lowest BCUT2D eigenvalue weighted by Gasteiger charge is -2.23. The molecule has 1 aliphatic rings. The fourth-order valence-electron chi connectivity index (χ4n) is 2.59. The van der Waals surface area contributed by atoms with Crippen LogP contribution >= 0.6 is 0 Å². The summed E-state index contributed by atoms with van der Waals surface area (Å²) < 4.78 is 5.00.